The minimum Gasteiger partial charge on any atom is -0.469 e. The Bertz CT molecular complexity index is 405. The number of ether oxygens (including phenoxy) is 1. The number of carbonyl (C=O) groups is 1. The van der Waals surface area contributed by atoms with Gasteiger partial charge in [-0.3, -0.25) is 9.69 Å². The van der Waals surface area contributed by atoms with Gasteiger partial charge in [0, 0.05) is 6.04 Å². The maximum absolute atomic E-state index is 11.4. The van der Waals surface area contributed by atoms with Gasteiger partial charge < -0.3 is 9.26 Å². The van der Waals surface area contributed by atoms with Crippen LogP contribution in [-0.2, 0) is 16.1 Å². The van der Waals surface area contributed by atoms with Crippen molar-refractivity contribution in [2.75, 3.05) is 13.7 Å². The Morgan fingerprint density at radius 1 is 1.56 bits per heavy atom. The van der Waals surface area contributed by atoms with Gasteiger partial charge in [-0.15, -0.1) is 0 Å². The van der Waals surface area contributed by atoms with E-state index in [1.165, 1.54) is 7.11 Å². The SMILES string of the molecule is COC(=O)CC1CCCCN1Cc1nc(C)no1. The first-order valence-corrected chi connectivity index (χ1v) is 6.29. The molecule has 1 aliphatic rings. The molecule has 0 bridgehead atoms. The van der Waals surface area contributed by atoms with Crippen LogP contribution in [0.4, 0.5) is 0 Å². The van der Waals surface area contributed by atoms with E-state index in [0.717, 1.165) is 25.8 Å². The summed E-state index contributed by atoms with van der Waals surface area (Å²) in [6.45, 7) is 3.38. The predicted octanol–water partition coefficient (Wildman–Crippen LogP) is 1.30. The molecule has 100 valence electrons. The monoisotopic (exact) mass is 253 g/mol. The molecule has 6 heteroatoms. The van der Waals surface area contributed by atoms with E-state index in [-0.39, 0.29) is 12.0 Å². The minimum atomic E-state index is -0.159. The standard InChI is InChI=1S/C12H19N3O3/c1-9-13-11(18-14-9)8-15-6-4-3-5-10(15)7-12(16)17-2/h10H,3-8H2,1-2H3. The molecule has 2 heterocycles. The molecule has 1 unspecified atom stereocenters. The fourth-order valence-electron chi connectivity index (χ4n) is 2.35. The Morgan fingerprint density at radius 3 is 3.06 bits per heavy atom. The zero-order chi connectivity index (χ0) is 13.0. The van der Waals surface area contributed by atoms with Crippen LogP contribution in [0.1, 0.15) is 37.4 Å². The zero-order valence-corrected chi connectivity index (χ0v) is 10.9. The van der Waals surface area contributed by atoms with Crippen LogP contribution in [0.5, 0.6) is 0 Å². The lowest BCUT2D eigenvalue weighted by atomic mass is 9.99. The van der Waals surface area contributed by atoms with Crippen molar-refractivity contribution in [1.82, 2.24) is 15.0 Å². The van der Waals surface area contributed by atoms with Gasteiger partial charge in [-0.1, -0.05) is 11.6 Å². The quantitative estimate of drug-likeness (QED) is 0.753. The van der Waals surface area contributed by atoms with E-state index < -0.39 is 0 Å². The summed E-state index contributed by atoms with van der Waals surface area (Å²) in [5, 5.41) is 3.78. The number of hydrogen-bond donors (Lipinski definition) is 0. The topological polar surface area (TPSA) is 68.5 Å². The van der Waals surface area contributed by atoms with Crippen LogP contribution >= 0.6 is 0 Å². The summed E-state index contributed by atoms with van der Waals surface area (Å²) in [5.41, 5.74) is 0. The van der Waals surface area contributed by atoms with Crippen molar-refractivity contribution in [3.05, 3.63) is 11.7 Å². The normalized spacial score (nSPS) is 20.9. The van der Waals surface area contributed by atoms with E-state index in [2.05, 4.69) is 15.0 Å². The molecule has 0 aromatic carbocycles. The van der Waals surface area contributed by atoms with Crippen LogP contribution in [0.15, 0.2) is 4.52 Å². The number of nitrogens with zero attached hydrogens (tertiary/aromatic N) is 3. The third kappa shape index (κ3) is 3.29. The second-order valence-electron chi connectivity index (χ2n) is 4.64. The van der Waals surface area contributed by atoms with Crippen molar-refractivity contribution in [3.8, 4) is 0 Å². The zero-order valence-electron chi connectivity index (χ0n) is 10.9. The first-order chi connectivity index (χ1) is 8.69. The molecule has 0 radical (unpaired) electrons. The van der Waals surface area contributed by atoms with Gasteiger partial charge in [0.15, 0.2) is 5.82 Å². The number of aromatic nitrogens is 2. The number of hydrogen-bond acceptors (Lipinski definition) is 6. The Kier molecular flexibility index (Phi) is 4.30. The molecule has 2 rings (SSSR count). The number of rotatable bonds is 4. The summed E-state index contributed by atoms with van der Waals surface area (Å²) in [4.78, 5) is 17.8. The third-order valence-corrected chi connectivity index (χ3v) is 3.29. The summed E-state index contributed by atoms with van der Waals surface area (Å²) in [7, 11) is 1.43. The number of carbonyl (C=O) groups excluding carboxylic acids is 1. The fourth-order valence-corrected chi connectivity index (χ4v) is 2.35. The first-order valence-electron chi connectivity index (χ1n) is 6.29. The molecule has 0 aliphatic carbocycles. The van der Waals surface area contributed by atoms with E-state index in [0.29, 0.717) is 24.7 Å². The Hall–Kier alpha value is -1.43. The van der Waals surface area contributed by atoms with Gasteiger partial charge in [0.05, 0.1) is 20.1 Å². The average Bonchev–Trinajstić information content (AvgIpc) is 2.77. The van der Waals surface area contributed by atoms with Crippen molar-refractivity contribution in [2.45, 2.75) is 45.2 Å². The molecule has 18 heavy (non-hydrogen) atoms. The van der Waals surface area contributed by atoms with Gasteiger partial charge in [0.1, 0.15) is 0 Å². The lowest BCUT2D eigenvalue weighted by Crippen LogP contribution is -2.40. The van der Waals surface area contributed by atoms with Gasteiger partial charge in [0.2, 0.25) is 5.89 Å². The highest BCUT2D eigenvalue weighted by Gasteiger charge is 2.26. The van der Waals surface area contributed by atoms with Crippen LogP contribution in [0.3, 0.4) is 0 Å². The summed E-state index contributed by atoms with van der Waals surface area (Å²) in [6, 6.07) is 0.221. The highest BCUT2D eigenvalue weighted by Crippen LogP contribution is 2.21. The average molecular weight is 253 g/mol. The summed E-state index contributed by atoms with van der Waals surface area (Å²) >= 11 is 0. The number of esters is 1. The fraction of sp³-hybridized carbons (Fsp3) is 0.750. The van der Waals surface area contributed by atoms with Gasteiger partial charge in [-0.2, -0.15) is 4.98 Å². The molecule has 1 fully saturated rings. The maximum Gasteiger partial charge on any atom is 0.307 e. The molecule has 0 N–H and O–H groups in total. The number of methoxy groups -OCH3 is 1. The van der Waals surface area contributed by atoms with Crippen molar-refractivity contribution in [3.63, 3.8) is 0 Å². The Morgan fingerprint density at radius 2 is 2.39 bits per heavy atom. The largest absolute Gasteiger partial charge is 0.469 e. The lowest BCUT2D eigenvalue weighted by Gasteiger charge is -2.33. The first kappa shape index (κ1) is 13.0. The molecule has 1 aromatic rings. The highest BCUT2D eigenvalue weighted by atomic mass is 16.5. The molecule has 1 aliphatic heterocycles. The molecule has 0 saturated carbocycles. The number of aryl methyl sites for hydroxylation is 1. The molecular weight excluding hydrogens is 234 g/mol. The molecule has 1 saturated heterocycles. The van der Waals surface area contributed by atoms with Crippen LogP contribution in [-0.4, -0.2) is 40.7 Å². The number of likely N-dealkylation sites (tertiary alicyclic amines) is 1. The number of piperidine rings is 1. The van der Waals surface area contributed by atoms with E-state index in [1.807, 2.05) is 0 Å². The molecule has 1 atom stereocenters. The highest BCUT2D eigenvalue weighted by molar-refractivity contribution is 5.69. The van der Waals surface area contributed by atoms with E-state index in [4.69, 9.17) is 9.26 Å². The molecule has 0 amide bonds. The van der Waals surface area contributed by atoms with Crippen molar-refractivity contribution in [2.24, 2.45) is 0 Å². The minimum absolute atomic E-state index is 0.159. The Balaban J connectivity index is 1.96. The summed E-state index contributed by atoms with van der Waals surface area (Å²) in [6.07, 6.45) is 3.75. The smallest absolute Gasteiger partial charge is 0.307 e. The van der Waals surface area contributed by atoms with Crippen LogP contribution in [0, 0.1) is 6.92 Å². The van der Waals surface area contributed by atoms with Crippen LogP contribution < -0.4 is 0 Å². The summed E-state index contributed by atoms with van der Waals surface area (Å²) in [5.74, 6) is 1.10. The second-order valence-corrected chi connectivity index (χ2v) is 4.64. The van der Waals surface area contributed by atoms with Crippen molar-refractivity contribution in [1.29, 1.82) is 0 Å². The van der Waals surface area contributed by atoms with E-state index in [9.17, 15) is 4.79 Å². The van der Waals surface area contributed by atoms with Gasteiger partial charge >= 0.3 is 5.97 Å². The lowest BCUT2D eigenvalue weighted by molar-refractivity contribution is -0.142. The van der Waals surface area contributed by atoms with Crippen LogP contribution in [0.2, 0.25) is 0 Å². The van der Waals surface area contributed by atoms with Crippen molar-refractivity contribution < 1.29 is 14.1 Å². The second kappa shape index (κ2) is 5.95. The molecule has 6 nitrogen and oxygen atoms in total. The third-order valence-electron chi connectivity index (χ3n) is 3.29. The van der Waals surface area contributed by atoms with Gasteiger partial charge in [-0.25, -0.2) is 0 Å². The Labute approximate surface area is 106 Å². The van der Waals surface area contributed by atoms with Gasteiger partial charge in [0.25, 0.3) is 0 Å². The molecular formula is C12H19N3O3. The molecule has 0 spiro atoms. The van der Waals surface area contributed by atoms with Crippen molar-refractivity contribution >= 4 is 5.97 Å². The predicted molar refractivity (Wildman–Crippen MR) is 63.7 cm³/mol. The van der Waals surface area contributed by atoms with Gasteiger partial charge in [-0.05, 0) is 26.3 Å². The van der Waals surface area contributed by atoms with E-state index >= 15 is 0 Å². The van der Waals surface area contributed by atoms with Crippen LogP contribution in [0.25, 0.3) is 0 Å². The van der Waals surface area contributed by atoms with E-state index in [1.54, 1.807) is 6.92 Å². The maximum atomic E-state index is 11.4. The summed E-state index contributed by atoms with van der Waals surface area (Å²) < 4.78 is 9.87. The molecule has 1 aromatic heterocycles.